The number of carbonyl (C=O) groups excluding carboxylic acids is 1. The number of hydrogen-bond donors (Lipinski definition) is 0. The average molecular weight is 251 g/mol. The molecule has 0 saturated heterocycles. The normalized spacial score (nSPS) is 11.2. The zero-order valence-electron chi connectivity index (χ0n) is 7.24. The van der Waals surface area contributed by atoms with E-state index in [0.29, 0.717) is 5.76 Å². The number of benzene rings is 1. The van der Waals surface area contributed by atoms with E-state index in [1.807, 2.05) is 24.3 Å². The Bertz CT molecular complexity index is 497. The van der Waals surface area contributed by atoms with Crippen LogP contribution in [-0.2, 0) is 4.79 Å². The van der Waals surface area contributed by atoms with Gasteiger partial charge in [0.25, 0.3) is 0 Å². The number of furan rings is 1. The molecule has 2 nitrogen and oxygen atoms in total. The van der Waals surface area contributed by atoms with Crippen LogP contribution < -0.4 is 0 Å². The van der Waals surface area contributed by atoms with Crippen LogP contribution in [0.25, 0.3) is 17.0 Å². The number of hydrogen-bond acceptors (Lipinski definition) is 2. The Kier molecular flexibility index (Phi) is 2.50. The van der Waals surface area contributed by atoms with Gasteiger partial charge in [-0.2, -0.15) is 0 Å². The van der Waals surface area contributed by atoms with Gasteiger partial charge in [0.2, 0.25) is 0 Å². The first-order valence-corrected chi connectivity index (χ1v) is 4.90. The van der Waals surface area contributed by atoms with E-state index in [1.165, 1.54) is 6.08 Å². The molecule has 14 heavy (non-hydrogen) atoms. The molecule has 0 saturated carbocycles. The molecule has 0 atom stereocenters. The molecular formula is C11H7BrO2. The highest BCUT2D eigenvalue weighted by molar-refractivity contribution is 9.10. The quantitative estimate of drug-likeness (QED) is 0.604. The molecule has 0 aliphatic rings. The summed E-state index contributed by atoms with van der Waals surface area (Å²) in [5.41, 5.74) is 0.818. The fraction of sp³-hybridized carbons (Fsp3) is 0. The smallest absolute Gasteiger partial charge is 0.142 e. The van der Waals surface area contributed by atoms with Gasteiger partial charge in [-0.3, -0.25) is 4.79 Å². The first-order valence-electron chi connectivity index (χ1n) is 4.10. The third-order valence-corrected chi connectivity index (χ3v) is 2.33. The zero-order chi connectivity index (χ0) is 9.97. The molecule has 0 bridgehead atoms. The SMILES string of the molecule is O=CC=Cc1cc2cc(Br)ccc2o1. The van der Waals surface area contributed by atoms with Crippen LogP contribution in [0.2, 0.25) is 0 Å². The van der Waals surface area contributed by atoms with Gasteiger partial charge in [0.05, 0.1) is 0 Å². The van der Waals surface area contributed by atoms with Gasteiger partial charge in [-0.15, -0.1) is 0 Å². The van der Waals surface area contributed by atoms with Gasteiger partial charge in [0.15, 0.2) is 0 Å². The Morgan fingerprint density at radius 2 is 2.14 bits per heavy atom. The molecule has 0 aliphatic heterocycles. The standard InChI is InChI=1S/C11H7BrO2/c12-9-3-4-11-8(6-9)7-10(14-11)2-1-5-13/h1-7H. The summed E-state index contributed by atoms with van der Waals surface area (Å²) < 4.78 is 6.47. The lowest BCUT2D eigenvalue weighted by molar-refractivity contribution is -0.104. The molecule has 3 heteroatoms. The molecule has 0 fully saturated rings. The summed E-state index contributed by atoms with van der Waals surface area (Å²) in [7, 11) is 0. The van der Waals surface area contributed by atoms with Crippen LogP contribution in [0, 0.1) is 0 Å². The van der Waals surface area contributed by atoms with Crippen molar-refractivity contribution in [1.29, 1.82) is 0 Å². The maximum absolute atomic E-state index is 10.1. The molecule has 0 radical (unpaired) electrons. The summed E-state index contributed by atoms with van der Waals surface area (Å²) >= 11 is 3.38. The minimum Gasteiger partial charge on any atom is -0.457 e. The van der Waals surface area contributed by atoms with Gasteiger partial charge in [-0.05, 0) is 36.4 Å². The monoisotopic (exact) mass is 250 g/mol. The first kappa shape index (κ1) is 9.21. The minimum absolute atomic E-state index is 0.685. The van der Waals surface area contributed by atoms with Crippen LogP contribution >= 0.6 is 15.9 Å². The number of rotatable bonds is 2. The average Bonchev–Trinajstić information content (AvgIpc) is 2.56. The van der Waals surface area contributed by atoms with E-state index in [0.717, 1.165) is 21.7 Å². The molecule has 70 valence electrons. The van der Waals surface area contributed by atoms with Crippen LogP contribution in [0.1, 0.15) is 5.76 Å². The topological polar surface area (TPSA) is 30.2 Å². The summed E-state index contributed by atoms with van der Waals surface area (Å²) in [6.07, 6.45) is 3.77. The van der Waals surface area contributed by atoms with Gasteiger partial charge >= 0.3 is 0 Å². The summed E-state index contributed by atoms with van der Waals surface area (Å²) in [6, 6.07) is 7.66. The summed E-state index contributed by atoms with van der Waals surface area (Å²) in [5.74, 6) is 0.685. The van der Waals surface area contributed by atoms with Crippen molar-refractivity contribution >= 4 is 39.3 Å². The number of fused-ring (bicyclic) bond motifs is 1. The Labute approximate surface area is 89.3 Å². The van der Waals surface area contributed by atoms with Crippen LogP contribution in [0.5, 0.6) is 0 Å². The molecule has 0 N–H and O–H groups in total. The van der Waals surface area contributed by atoms with Crippen molar-refractivity contribution in [2.45, 2.75) is 0 Å². The van der Waals surface area contributed by atoms with E-state index in [2.05, 4.69) is 15.9 Å². The predicted molar refractivity (Wildman–Crippen MR) is 59.0 cm³/mol. The van der Waals surface area contributed by atoms with Gasteiger partial charge in [-0.25, -0.2) is 0 Å². The highest BCUT2D eigenvalue weighted by Crippen LogP contribution is 2.23. The van der Waals surface area contributed by atoms with E-state index in [1.54, 1.807) is 6.08 Å². The van der Waals surface area contributed by atoms with Crippen molar-refractivity contribution in [3.05, 3.63) is 40.6 Å². The lowest BCUT2D eigenvalue weighted by Gasteiger charge is -1.87. The van der Waals surface area contributed by atoms with Gasteiger partial charge in [0.1, 0.15) is 17.6 Å². The maximum Gasteiger partial charge on any atom is 0.142 e. The predicted octanol–water partition coefficient (Wildman–Crippen LogP) is 3.41. The Morgan fingerprint density at radius 3 is 2.93 bits per heavy atom. The van der Waals surface area contributed by atoms with Crippen molar-refractivity contribution in [1.82, 2.24) is 0 Å². The second-order valence-corrected chi connectivity index (χ2v) is 3.74. The Morgan fingerprint density at radius 1 is 1.29 bits per heavy atom. The fourth-order valence-corrected chi connectivity index (χ4v) is 1.63. The second kappa shape index (κ2) is 3.80. The highest BCUT2D eigenvalue weighted by atomic mass is 79.9. The van der Waals surface area contributed by atoms with E-state index >= 15 is 0 Å². The van der Waals surface area contributed by atoms with E-state index < -0.39 is 0 Å². The largest absolute Gasteiger partial charge is 0.457 e. The highest BCUT2D eigenvalue weighted by Gasteiger charge is 2.00. The zero-order valence-corrected chi connectivity index (χ0v) is 8.82. The van der Waals surface area contributed by atoms with Crippen molar-refractivity contribution in [3.8, 4) is 0 Å². The molecule has 0 amide bonds. The number of aldehydes is 1. The van der Waals surface area contributed by atoms with Crippen LogP contribution in [0.3, 0.4) is 0 Å². The van der Waals surface area contributed by atoms with Gasteiger partial charge in [0, 0.05) is 9.86 Å². The van der Waals surface area contributed by atoms with Crippen LogP contribution in [0.4, 0.5) is 0 Å². The number of halogens is 1. The summed E-state index contributed by atoms with van der Waals surface area (Å²) in [4.78, 5) is 10.1. The molecule has 0 aliphatic carbocycles. The van der Waals surface area contributed by atoms with E-state index in [4.69, 9.17) is 4.42 Å². The summed E-state index contributed by atoms with van der Waals surface area (Å²) in [6.45, 7) is 0. The van der Waals surface area contributed by atoms with Crippen LogP contribution in [-0.4, -0.2) is 6.29 Å². The van der Waals surface area contributed by atoms with Crippen molar-refractivity contribution in [2.75, 3.05) is 0 Å². The Balaban J connectivity index is 2.51. The van der Waals surface area contributed by atoms with Crippen LogP contribution in [0.15, 0.2) is 39.2 Å². The molecule has 1 heterocycles. The molecule has 0 unspecified atom stereocenters. The molecular weight excluding hydrogens is 244 g/mol. The number of allylic oxidation sites excluding steroid dienone is 1. The molecule has 1 aromatic heterocycles. The van der Waals surface area contributed by atoms with Gasteiger partial charge in [-0.1, -0.05) is 15.9 Å². The molecule has 2 aromatic rings. The van der Waals surface area contributed by atoms with E-state index in [-0.39, 0.29) is 0 Å². The van der Waals surface area contributed by atoms with Crippen molar-refractivity contribution in [2.24, 2.45) is 0 Å². The molecule has 1 aromatic carbocycles. The third-order valence-electron chi connectivity index (χ3n) is 1.84. The molecule has 0 spiro atoms. The number of carbonyl (C=O) groups is 1. The summed E-state index contributed by atoms with van der Waals surface area (Å²) in [5, 5.41) is 1.02. The second-order valence-electron chi connectivity index (χ2n) is 2.83. The molecule has 2 rings (SSSR count). The first-order chi connectivity index (χ1) is 6.79. The third kappa shape index (κ3) is 1.77. The van der Waals surface area contributed by atoms with E-state index in [9.17, 15) is 4.79 Å². The fourth-order valence-electron chi connectivity index (χ4n) is 1.25. The Hall–Kier alpha value is -1.35. The minimum atomic E-state index is 0.685. The van der Waals surface area contributed by atoms with Crippen molar-refractivity contribution in [3.63, 3.8) is 0 Å². The van der Waals surface area contributed by atoms with Crippen molar-refractivity contribution < 1.29 is 9.21 Å². The maximum atomic E-state index is 10.1. The lowest BCUT2D eigenvalue weighted by atomic mass is 10.2. The van der Waals surface area contributed by atoms with Gasteiger partial charge < -0.3 is 4.42 Å². The lowest BCUT2D eigenvalue weighted by Crippen LogP contribution is -1.62.